The Balaban J connectivity index is 1.55. The lowest BCUT2D eigenvalue weighted by atomic mass is 9.67. The van der Waals surface area contributed by atoms with Crippen LogP contribution in [0.2, 0.25) is 18.1 Å². The zero-order valence-electron chi connectivity index (χ0n) is 22.7. The fourth-order valence-electron chi connectivity index (χ4n) is 6.17. The minimum atomic E-state index is -1.92. The Kier molecular flexibility index (Phi) is 7.24. The Morgan fingerprint density at radius 2 is 1.83 bits per heavy atom. The van der Waals surface area contributed by atoms with Gasteiger partial charge in [0.05, 0.1) is 18.8 Å². The highest BCUT2D eigenvalue weighted by molar-refractivity contribution is 6.74. The molecule has 1 aromatic rings. The summed E-state index contributed by atoms with van der Waals surface area (Å²) >= 11 is 0. The predicted molar refractivity (Wildman–Crippen MR) is 141 cm³/mol. The van der Waals surface area contributed by atoms with Crippen molar-refractivity contribution in [2.45, 2.75) is 103 Å². The molecule has 1 aliphatic heterocycles. The number of hydrogen-bond acceptors (Lipinski definition) is 5. The second-order valence-electron chi connectivity index (χ2n) is 13.1. The van der Waals surface area contributed by atoms with Gasteiger partial charge in [-0.05, 0) is 55.1 Å². The van der Waals surface area contributed by atoms with E-state index in [1.165, 1.54) is 0 Å². The first kappa shape index (κ1) is 27.0. The van der Waals surface area contributed by atoms with Gasteiger partial charge in [0, 0.05) is 17.6 Å². The van der Waals surface area contributed by atoms with E-state index in [9.17, 15) is 10.2 Å². The van der Waals surface area contributed by atoms with E-state index in [1.807, 2.05) is 36.4 Å². The number of ether oxygens (including phenoxy) is 2. The molecule has 4 rings (SSSR count). The van der Waals surface area contributed by atoms with Crippen LogP contribution in [0.1, 0.15) is 72.2 Å². The SMILES string of the molecule is CC1(C)[C@@H]2CC[C@@]1(/C=C/[C@]1(O)CO[C@@H](c3ccccc3)O[C@H]1CCO[Si](C)(C)C(C)(C)C)[C@H](O)C2. The van der Waals surface area contributed by atoms with Crippen LogP contribution in [0.15, 0.2) is 42.5 Å². The molecule has 0 amide bonds. The maximum absolute atomic E-state index is 11.9. The Morgan fingerprint density at radius 1 is 1.14 bits per heavy atom. The van der Waals surface area contributed by atoms with Crippen molar-refractivity contribution in [2.24, 2.45) is 16.7 Å². The number of aliphatic hydroxyl groups excluding tert-OH is 1. The first-order valence-electron chi connectivity index (χ1n) is 13.3. The van der Waals surface area contributed by atoms with E-state index in [1.54, 1.807) is 0 Å². The van der Waals surface area contributed by atoms with Crippen LogP contribution in [0, 0.1) is 16.7 Å². The molecular formula is C29H46O5Si. The van der Waals surface area contributed by atoms with Crippen LogP contribution < -0.4 is 0 Å². The number of aliphatic hydroxyl groups is 2. The van der Waals surface area contributed by atoms with Gasteiger partial charge in [-0.15, -0.1) is 0 Å². The third-order valence-electron chi connectivity index (χ3n) is 9.93. The molecule has 6 atom stereocenters. The minimum absolute atomic E-state index is 0.00315. The summed E-state index contributed by atoms with van der Waals surface area (Å²) in [6, 6.07) is 9.89. The summed E-state index contributed by atoms with van der Waals surface area (Å²) < 4.78 is 18.9. The molecule has 2 N–H and O–H groups in total. The van der Waals surface area contributed by atoms with Crippen molar-refractivity contribution in [3.63, 3.8) is 0 Å². The standard InChI is InChI=1S/C29H46O5Si/c1-26(2,3)35(6,7)33-18-14-24-29(31,20-32-25(34-24)21-11-9-8-10-12-21)17-16-28-15-13-22(19-23(28)30)27(28,4)5/h8-12,16-17,22-25,30-31H,13-15,18-20H2,1-7H3/b17-16+/t22-,23-,24+,25-,28-,29+/m1/s1. The summed E-state index contributed by atoms with van der Waals surface area (Å²) in [7, 11) is -1.92. The Bertz CT molecular complexity index is 907. The summed E-state index contributed by atoms with van der Waals surface area (Å²) in [5.41, 5.74) is -0.652. The van der Waals surface area contributed by atoms with Crippen LogP contribution in [-0.2, 0) is 13.9 Å². The van der Waals surface area contributed by atoms with Gasteiger partial charge in [-0.2, -0.15) is 0 Å². The highest BCUT2D eigenvalue weighted by Gasteiger charge is 2.62. The lowest BCUT2D eigenvalue weighted by Gasteiger charge is -2.44. The fraction of sp³-hybridized carbons (Fsp3) is 0.724. The first-order chi connectivity index (χ1) is 16.2. The summed E-state index contributed by atoms with van der Waals surface area (Å²) in [6.45, 7) is 16.4. The topological polar surface area (TPSA) is 68.2 Å². The number of benzene rings is 1. The molecule has 6 heteroatoms. The van der Waals surface area contributed by atoms with Crippen molar-refractivity contribution in [3.8, 4) is 0 Å². The van der Waals surface area contributed by atoms with Gasteiger partial charge in [0.25, 0.3) is 0 Å². The van der Waals surface area contributed by atoms with E-state index in [-0.39, 0.29) is 28.6 Å². The molecule has 196 valence electrons. The average molecular weight is 503 g/mol. The van der Waals surface area contributed by atoms with Crippen LogP contribution in [0.5, 0.6) is 0 Å². The lowest BCUT2D eigenvalue weighted by Crippen LogP contribution is -2.52. The van der Waals surface area contributed by atoms with Gasteiger partial charge in [-0.3, -0.25) is 0 Å². The fourth-order valence-corrected chi connectivity index (χ4v) is 7.23. The third kappa shape index (κ3) is 4.83. The molecule has 0 aromatic heterocycles. The molecule has 35 heavy (non-hydrogen) atoms. The molecule has 2 bridgehead atoms. The predicted octanol–water partition coefficient (Wildman–Crippen LogP) is 5.99. The molecule has 2 aliphatic carbocycles. The van der Waals surface area contributed by atoms with E-state index >= 15 is 0 Å². The van der Waals surface area contributed by atoms with Crippen LogP contribution in [0.25, 0.3) is 0 Å². The smallest absolute Gasteiger partial charge is 0.191 e. The van der Waals surface area contributed by atoms with E-state index in [4.69, 9.17) is 13.9 Å². The molecule has 3 fully saturated rings. The molecule has 2 saturated carbocycles. The van der Waals surface area contributed by atoms with Crippen molar-refractivity contribution >= 4 is 8.32 Å². The van der Waals surface area contributed by atoms with Gasteiger partial charge in [-0.1, -0.05) is 77.1 Å². The summed E-state index contributed by atoms with van der Waals surface area (Å²) in [6.07, 6.45) is 6.09. The van der Waals surface area contributed by atoms with Crippen molar-refractivity contribution in [1.82, 2.24) is 0 Å². The van der Waals surface area contributed by atoms with Crippen LogP contribution >= 0.6 is 0 Å². The minimum Gasteiger partial charge on any atom is -0.417 e. The molecule has 0 unspecified atom stereocenters. The molecular weight excluding hydrogens is 456 g/mol. The second kappa shape index (κ2) is 9.37. The zero-order valence-corrected chi connectivity index (χ0v) is 23.7. The quantitative estimate of drug-likeness (QED) is 0.354. The van der Waals surface area contributed by atoms with Crippen molar-refractivity contribution in [2.75, 3.05) is 13.2 Å². The Labute approximate surface area is 213 Å². The monoisotopic (exact) mass is 502 g/mol. The molecule has 1 saturated heterocycles. The van der Waals surface area contributed by atoms with Gasteiger partial charge in [0.2, 0.25) is 0 Å². The lowest BCUT2D eigenvalue weighted by molar-refractivity contribution is -0.282. The highest BCUT2D eigenvalue weighted by atomic mass is 28.4. The number of rotatable bonds is 7. The maximum atomic E-state index is 11.9. The van der Waals surface area contributed by atoms with E-state index in [0.717, 1.165) is 24.8 Å². The van der Waals surface area contributed by atoms with E-state index in [2.05, 4.69) is 53.8 Å². The van der Waals surface area contributed by atoms with E-state index in [0.29, 0.717) is 18.9 Å². The van der Waals surface area contributed by atoms with Gasteiger partial charge >= 0.3 is 0 Å². The second-order valence-corrected chi connectivity index (χ2v) is 18.0. The largest absolute Gasteiger partial charge is 0.417 e. The van der Waals surface area contributed by atoms with Crippen LogP contribution in [-0.4, -0.2) is 49.6 Å². The van der Waals surface area contributed by atoms with E-state index < -0.39 is 26.3 Å². The summed E-state index contributed by atoms with van der Waals surface area (Å²) in [5, 5.41) is 23.0. The van der Waals surface area contributed by atoms with Crippen molar-refractivity contribution in [3.05, 3.63) is 48.0 Å². The Hall–Kier alpha value is -1.02. The third-order valence-corrected chi connectivity index (χ3v) is 14.5. The first-order valence-corrected chi connectivity index (χ1v) is 16.2. The number of fused-ring (bicyclic) bond motifs is 2. The molecule has 0 radical (unpaired) electrons. The molecule has 0 spiro atoms. The van der Waals surface area contributed by atoms with Crippen molar-refractivity contribution < 1.29 is 24.1 Å². The summed E-state index contributed by atoms with van der Waals surface area (Å²) in [5.74, 6) is 0.520. The zero-order chi connectivity index (χ0) is 25.7. The van der Waals surface area contributed by atoms with Crippen LogP contribution in [0.3, 0.4) is 0 Å². The molecule has 1 aromatic carbocycles. The van der Waals surface area contributed by atoms with Gasteiger partial charge in [-0.25, -0.2) is 0 Å². The highest BCUT2D eigenvalue weighted by Crippen LogP contribution is 2.66. The molecule has 1 heterocycles. The molecule has 3 aliphatic rings. The van der Waals surface area contributed by atoms with Gasteiger partial charge in [0.1, 0.15) is 5.60 Å². The van der Waals surface area contributed by atoms with Gasteiger partial charge in [0.15, 0.2) is 14.6 Å². The van der Waals surface area contributed by atoms with Crippen LogP contribution in [0.4, 0.5) is 0 Å². The van der Waals surface area contributed by atoms with Crippen molar-refractivity contribution in [1.29, 1.82) is 0 Å². The average Bonchev–Trinajstić information content (AvgIpc) is 3.14. The maximum Gasteiger partial charge on any atom is 0.191 e. The molecule has 5 nitrogen and oxygen atoms in total. The summed E-state index contributed by atoms with van der Waals surface area (Å²) in [4.78, 5) is 0. The number of hydrogen-bond donors (Lipinski definition) is 2. The normalized spacial score (nSPS) is 37.3. The van der Waals surface area contributed by atoms with Gasteiger partial charge < -0.3 is 24.1 Å². The Morgan fingerprint density at radius 3 is 2.40 bits per heavy atom.